The van der Waals surface area contributed by atoms with Crippen molar-refractivity contribution in [3.05, 3.63) is 82.4 Å². The van der Waals surface area contributed by atoms with Crippen LogP contribution in [0.5, 0.6) is 11.5 Å². The molecule has 3 aromatic carbocycles. The predicted octanol–water partition coefficient (Wildman–Crippen LogP) is 6.86. The summed E-state index contributed by atoms with van der Waals surface area (Å²) in [4.78, 5) is 27.0. The van der Waals surface area contributed by atoms with Gasteiger partial charge in [0.1, 0.15) is 11.5 Å². The molecule has 34 heavy (non-hydrogen) atoms. The van der Waals surface area contributed by atoms with Crippen LogP contribution < -0.4 is 15.0 Å². The maximum Gasteiger partial charge on any atom is 0.229 e. The van der Waals surface area contributed by atoms with Crippen LogP contribution in [0.4, 0.5) is 11.4 Å². The number of hydrogen-bond donors (Lipinski definition) is 1. The zero-order valence-corrected chi connectivity index (χ0v) is 20.6. The van der Waals surface area contributed by atoms with Crippen molar-refractivity contribution in [3.63, 3.8) is 0 Å². The second kappa shape index (κ2) is 9.90. The SMILES string of the molecule is Cc1ccc(C(C)C)c(Oc2ccc(NC(=O)[C@@H]3CC(=O)N(c4ccc(C)c(Cl)c4)C3)cc2)c1. The summed E-state index contributed by atoms with van der Waals surface area (Å²) in [5.41, 5.74) is 4.61. The van der Waals surface area contributed by atoms with E-state index in [9.17, 15) is 9.59 Å². The van der Waals surface area contributed by atoms with Crippen LogP contribution in [0.3, 0.4) is 0 Å². The Morgan fingerprint density at radius 1 is 1.06 bits per heavy atom. The number of ether oxygens (including phenoxy) is 1. The largest absolute Gasteiger partial charge is 0.457 e. The molecular weight excluding hydrogens is 448 g/mol. The van der Waals surface area contributed by atoms with Gasteiger partial charge >= 0.3 is 0 Å². The van der Waals surface area contributed by atoms with Crippen molar-refractivity contribution in [1.29, 1.82) is 0 Å². The Labute approximate surface area is 205 Å². The molecule has 5 nitrogen and oxygen atoms in total. The number of aryl methyl sites for hydroxylation is 2. The molecule has 4 rings (SSSR count). The first-order valence-corrected chi connectivity index (χ1v) is 11.8. The van der Waals surface area contributed by atoms with Gasteiger partial charge in [-0.25, -0.2) is 0 Å². The number of carbonyl (C=O) groups is 2. The lowest BCUT2D eigenvalue weighted by molar-refractivity contribution is -0.122. The van der Waals surface area contributed by atoms with Crippen molar-refractivity contribution in [3.8, 4) is 11.5 Å². The minimum absolute atomic E-state index is 0.0806. The summed E-state index contributed by atoms with van der Waals surface area (Å²) in [6, 6.07) is 19.0. The van der Waals surface area contributed by atoms with Gasteiger partial charge in [0.2, 0.25) is 11.8 Å². The molecule has 1 fully saturated rings. The average molecular weight is 477 g/mol. The zero-order chi connectivity index (χ0) is 24.4. The van der Waals surface area contributed by atoms with Gasteiger partial charge in [0.25, 0.3) is 0 Å². The van der Waals surface area contributed by atoms with E-state index < -0.39 is 5.92 Å². The van der Waals surface area contributed by atoms with Crippen LogP contribution >= 0.6 is 11.6 Å². The van der Waals surface area contributed by atoms with Crippen molar-refractivity contribution in [2.24, 2.45) is 5.92 Å². The van der Waals surface area contributed by atoms with Crippen LogP contribution in [-0.4, -0.2) is 18.4 Å². The van der Waals surface area contributed by atoms with Gasteiger partial charge in [-0.2, -0.15) is 0 Å². The number of nitrogens with one attached hydrogen (secondary N) is 1. The normalized spacial score (nSPS) is 15.6. The van der Waals surface area contributed by atoms with Gasteiger partial charge < -0.3 is 15.0 Å². The molecule has 2 amide bonds. The maximum atomic E-state index is 12.8. The van der Waals surface area contributed by atoms with Crippen LogP contribution in [0.25, 0.3) is 0 Å². The number of halogens is 1. The summed E-state index contributed by atoms with van der Waals surface area (Å²) in [5, 5.41) is 3.53. The smallest absolute Gasteiger partial charge is 0.229 e. The van der Waals surface area contributed by atoms with Gasteiger partial charge in [0.05, 0.1) is 5.92 Å². The Bertz CT molecular complexity index is 1220. The molecule has 0 bridgehead atoms. The monoisotopic (exact) mass is 476 g/mol. The molecule has 0 spiro atoms. The highest BCUT2D eigenvalue weighted by molar-refractivity contribution is 6.31. The molecule has 0 aromatic heterocycles. The number of rotatable bonds is 6. The minimum Gasteiger partial charge on any atom is -0.457 e. The molecule has 3 aromatic rings. The third-order valence-electron chi connectivity index (χ3n) is 6.10. The molecule has 1 atom stereocenters. The van der Waals surface area contributed by atoms with E-state index in [1.165, 1.54) is 0 Å². The third kappa shape index (κ3) is 5.26. The molecule has 1 aliphatic heterocycles. The van der Waals surface area contributed by atoms with Crippen molar-refractivity contribution < 1.29 is 14.3 Å². The number of hydrogen-bond acceptors (Lipinski definition) is 3. The van der Waals surface area contributed by atoms with Gasteiger partial charge in [0, 0.05) is 29.4 Å². The molecule has 1 saturated heterocycles. The summed E-state index contributed by atoms with van der Waals surface area (Å²) >= 11 is 6.21. The molecule has 6 heteroatoms. The second-order valence-electron chi connectivity index (χ2n) is 9.15. The molecule has 1 aliphatic rings. The summed E-state index contributed by atoms with van der Waals surface area (Å²) in [7, 11) is 0. The standard InChI is InChI=1S/C28H29ClN2O3/c1-17(2)24-12-5-18(3)13-26(24)34-23-10-7-21(8-11-23)30-28(33)20-14-27(32)31(16-20)22-9-6-19(4)25(29)15-22/h5-13,15,17,20H,14,16H2,1-4H3,(H,30,33)/t20-/m1/s1. The van der Waals surface area contributed by atoms with E-state index in [0.717, 1.165) is 22.4 Å². The van der Waals surface area contributed by atoms with Crippen LogP contribution in [0.15, 0.2) is 60.7 Å². The third-order valence-corrected chi connectivity index (χ3v) is 6.51. The Kier molecular flexibility index (Phi) is 6.94. The molecule has 1 heterocycles. The highest BCUT2D eigenvalue weighted by Gasteiger charge is 2.35. The first kappa shape index (κ1) is 23.8. The van der Waals surface area contributed by atoms with Crippen molar-refractivity contribution in [2.45, 2.75) is 40.0 Å². The summed E-state index contributed by atoms with van der Waals surface area (Å²) in [6.45, 7) is 8.56. The number of benzene rings is 3. The fourth-order valence-electron chi connectivity index (χ4n) is 4.07. The fourth-order valence-corrected chi connectivity index (χ4v) is 4.24. The number of anilines is 2. The number of nitrogens with zero attached hydrogens (tertiary/aromatic N) is 1. The van der Waals surface area contributed by atoms with Crippen LogP contribution in [-0.2, 0) is 9.59 Å². The van der Waals surface area contributed by atoms with Crippen molar-refractivity contribution in [1.82, 2.24) is 0 Å². The van der Waals surface area contributed by atoms with Gasteiger partial charge in [-0.05, 0) is 78.9 Å². The van der Waals surface area contributed by atoms with E-state index in [1.54, 1.807) is 11.0 Å². The lowest BCUT2D eigenvalue weighted by Gasteiger charge is -2.17. The highest BCUT2D eigenvalue weighted by atomic mass is 35.5. The predicted molar refractivity (Wildman–Crippen MR) is 137 cm³/mol. The summed E-state index contributed by atoms with van der Waals surface area (Å²) in [6.07, 6.45) is 0.170. The lowest BCUT2D eigenvalue weighted by Crippen LogP contribution is -2.28. The van der Waals surface area contributed by atoms with Gasteiger partial charge in [0.15, 0.2) is 0 Å². The zero-order valence-electron chi connectivity index (χ0n) is 19.9. The molecule has 0 aliphatic carbocycles. The molecule has 0 saturated carbocycles. The quantitative estimate of drug-likeness (QED) is 0.422. The van der Waals surface area contributed by atoms with Gasteiger partial charge in [-0.15, -0.1) is 0 Å². The Morgan fingerprint density at radius 3 is 2.47 bits per heavy atom. The van der Waals surface area contributed by atoms with E-state index >= 15 is 0 Å². The summed E-state index contributed by atoms with van der Waals surface area (Å²) < 4.78 is 6.13. The van der Waals surface area contributed by atoms with Crippen molar-refractivity contribution in [2.75, 3.05) is 16.8 Å². The van der Waals surface area contributed by atoms with Gasteiger partial charge in [-0.1, -0.05) is 43.6 Å². The van der Waals surface area contributed by atoms with Crippen LogP contribution in [0, 0.1) is 19.8 Å². The molecule has 1 N–H and O–H groups in total. The molecule has 176 valence electrons. The lowest BCUT2D eigenvalue weighted by atomic mass is 10.0. The number of amides is 2. The topological polar surface area (TPSA) is 58.6 Å². The first-order chi connectivity index (χ1) is 16.2. The number of carbonyl (C=O) groups excluding carboxylic acids is 2. The average Bonchev–Trinajstić information content (AvgIpc) is 3.18. The highest BCUT2D eigenvalue weighted by Crippen LogP contribution is 2.33. The Balaban J connectivity index is 1.40. The van der Waals surface area contributed by atoms with Crippen LogP contribution in [0.1, 0.15) is 42.9 Å². The first-order valence-electron chi connectivity index (χ1n) is 11.5. The fraction of sp³-hybridized carbons (Fsp3) is 0.286. The summed E-state index contributed by atoms with van der Waals surface area (Å²) in [5.74, 6) is 1.20. The Hall–Kier alpha value is -3.31. The van der Waals surface area contributed by atoms with E-state index in [1.807, 2.05) is 56.3 Å². The van der Waals surface area contributed by atoms with Gasteiger partial charge in [-0.3, -0.25) is 9.59 Å². The Morgan fingerprint density at radius 2 is 1.79 bits per heavy atom. The van der Waals surface area contributed by atoms with E-state index in [2.05, 4.69) is 31.3 Å². The molecule has 0 unspecified atom stereocenters. The minimum atomic E-state index is -0.426. The maximum absolute atomic E-state index is 12.8. The molecule has 0 radical (unpaired) electrons. The van der Waals surface area contributed by atoms with Crippen LogP contribution in [0.2, 0.25) is 5.02 Å². The van der Waals surface area contributed by atoms with E-state index in [0.29, 0.717) is 34.6 Å². The van der Waals surface area contributed by atoms with Crippen molar-refractivity contribution >= 4 is 34.8 Å². The van der Waals surface area contributed by atoms with E-state index in [4.69, 9.17) is 16.3 Å². The molecular formula is C28H29ClN2O3. The van der Waals surface area contributed by atoms with E-state index in [-0.39, 0.29) is 18.2 Å². The second-order valence-corrected chi connectivity index (χ2v) is 9.56.